The van der Waals surface area contributed by atoms with Crippen molar-refractivity contribution in [1.82, 2.24) is 19.2 Å². The third kappa shape index (κ3) is 2.80. The molecule has 2 heterocycles. The van der Waals surface area contributed by atoms with Gasteiger partial charge in [-0.1, -0.05) is 13.8 Å². The number of hydrogen-bond acceptors (Lipinski definition) is 7. The Kier molecular flexibility index (Phi) is 3.38. The molecule has 0 aliphatic rings. The summed E-state index contributed by atoms with van der Waals surface area (Å²) < 4.78 is 2.12. The molecule has 2 rings (SSSR count). The molecule has 0 saturated heterocycles. The summed E-state index contributed by atoms with van der Waals surface area (Å²) in [5, 5.41) is 14.7. The summed E-state index contributed by atoms with van der Waals surface area (Å²) in [6.45, 7) is 4.00. The van der Waals surface area contributed by atoms with Crippen molar-refractivity contribution in [2.45, 2.75) is 24.1 Å². The van der Waals surface area contributed by atoms with Crippen molar-refractivity contribution in [1.29, 1.82) is 0 Å². The van der Waals surface area contributed by atoms with Crippen LogP contribution in [0.25, 0.3) is 0 Å². The number of thiazole rings is 1. The smallest absolute Gasteiger partial charge is 0.257 e. The molecule has 17 heavy (non-hydrogen) atoms. The van der Waals surface area contributed by atoms with Crippen LogP contribution in [0, 0.1) is 10.1 Å². The quantitative estimate of drug-likeness (QED) is 0.626. The average Bonchev–Trinajstić information content (AvgIpc) is 2.87. The first-order valence-electron chi connectivity index (χ1n) is 4.76. The molecule has 0 unspecified atom stereocenters. The van der Waals surface area contributed by atoms with Crippen molar-refractivity contribution in [3.8, 4) is 0 Å². The fourth-order valence-corrected chi connectivity index (χ4v) is 2.60. The van der Waals surface area contributed by atoms with Crippen molar-refractivity contribution in [2.24, 2.45) is 0 Å². The molecule has 0 N–H and O–H groups in total. The number of nitrogens with zero attached hydrogens (tertiary/aromatic N) is 5. The fourth-order valence-electron chi connectivity index (χ4n) is 1.03. The van der Waals surface area contributed by atoms with E-state index in [9.17, 15) is 10.1 Å². The molecule has 2 aromatic rings. The van der Waals surface area contributed by atoms with Crippen molar-refractivity contribution in [3.05, 3.63) is 28.5 Å². The highest BCUT2D eigenvalue weighted by Crippen LogP contribution is 2.29. The van der Waals surface area contributed by atoms with Gasteiger partial charge in [0.25, 0.3) is 0 Å². The van der Waals surface area contributed by atoms with Crippen molar-refractivity contribution >= 4 is 28.3 Å². The minimum Gasteiger partial charge on any atom is -0.257 e. The number of nitro groups is 1. The molecule has 7 nitrogen and oxygen atoms in total. The van der Waals surface area contributed by atoms with Crippen LogP contribution in [0.5, 0.6) is 0 Å². The van der Waals surface area contributed by atoms with E-state index in [1.54, 1.807) is 10.4 Å². The Morgan fingerprint density at radius 3 is 2.82 bits per heavy atom. The van der Waals surface area contributed by atoms with Gasteiger partial charge in [-0.15, -0.1) is 5.10 Å². The molecular weight excluding hydrogens is 262 g/mol. The van der Waals surface area contributed by atoms with Crippen molar-refractivity contribution in [2.75, 3.05) is 0 Å². The predicted octanol–water partition coefficient (Wildman–Crippen LogP) is 2.32. The largest absolute Gasteiger partial charge is 0.344 e. The van der Waals surface area contributed by atoms with Gasteiger partial charge in [-0.25, -0.2) is 9.97 Å². The molecule has 0 aliphatic heterocycles. The summed E-state index contributed by atoms with van der Waals surface area (Å²) in [5.41, 5.74) is 0. The van der Waals surface area contributed by atoms with Crippen LogP contribution in [0.1, 0.15) is 25.6 Å². The minimum atomic E-state index is -0.456. The lowest BCUT2D eigenvalue weighted by atomic mass is 10.2. The maximum Gasteiger partial charge on any atom is 0.344 e. The SMILES string of the molecule is CC(C)c1ncn(Sc2ncc([N+](=O)[O-])s2)n1. The van der Waals surface area contributed by atoms with Gasteiger partial charge in [-0.2, -0.15) is 4.09 Å². The molecule has 0 bridgehead atoms. The standard InChI is InChI=1S/C8H9N5O2S2/c1-5(2)7-10-4-12(11-7)17-8-9-3-6(16-8)13(14)15/h3-5H,1-2H3. The lowest BCUT2D eigenvalue weighted by molar-refractivity contribution is -0.380. The third-order valence-corrected chi connectivity index (χ3v) is 3.67. The lowest BCUT2D eigenvalue weighted by Gasteiger charge is -1.95. The molecule has 0 amide bonds. The van der Waals surface area contributed by atoms with Gasteiger partial charge in [-0.3, -0.25) is 10.1 Å². The van der Waals surface area contributed by atoms with Gasteiger partial charge in [0.05, 0.1) is 4.92 Å². The number of rotatable bonds is 4. The average molecular weight is 271 g/mol. The second-order valence-electron chi connectivity index (χ2n) is 3.47. The topological polar surface area (TPSA) is 86.7 Å². The summed E-state index contributed by atoms with van der Waals surface area (Å²) in [4.78, 5) is 18.1. The first-order chi connectivity index (χ1) is 8.06. The molecule has 2 aromatic heterocycles. The fraction of sp³-hybridized carbons (Fsp3) is 0.375. The second-order valence-corrected chi connectivity index (χ2v) is 5.68. The zero-order valence-electron chi connectivity index (χ0n) is 9.10. The van der Waals surface area contributed by atoms with E-state index in [4.69, 9.17) is 0 Å². The van der Waals surface area contributed by atoms with Gasteiger partial charge >= 0.3 is 5.00 Å². The van der Waals surface area contributed by atoms with Crippen LogP contribution in [0.3, 0.4) is 0 Å². The van der Waals surface area contributed by atoms with Gasteiger partial charge < -0.3 is 0 Å². The highest BCUT2D eigenvalue weighted by Gasteiger charge is 2.13. The normalized spacial score (nSPS) is 11.0. The summed E-state index contributed by atoms with van der Waals surface area (Å²) >= 11 is 2.23. The summed E-state index contributed by atoms with van der Waals surface area (Å²) in [7, 11) is 0. The summed E-state index contributed by atoms with van der Waals surface area (Å²) in [6.07, 6.45) is 2.82. The Balaban J connectivity index is 2.11. The molecule has 0 fully saturated rings. The third-order valence-electron chi connectivity index (χ3n) is 1.83. The maximum atomic E-state index is 10.5. The summed E-state index contributed by atoms with van der Waals surface area (Å²) in [5.74, 6) is 0.992. The Bertz CT molecular complexity index is 536. The molecule has 0 aliphatic carbocycles. The van der Waals surface area contributed by atoms with Crippen molar-refractivity contribution < 1.29 is 4.92 Å². The molecule has 0 atom stereocenters. The highest BCUT2D eigenvalue weighted by molar-refractivity contribution is 7.99. The Morgan fingerprint density at radius 1 is 1.53 bits per heavy atom. The second kappa shape index (κ2) is 4.80. The van der Waals surface area contributed by atoms with E-state index >= 15 is 0 Å². The van der Waals surface area contributed by atoms with Crippen LogP contribution in [-0.4, -0.2) is 24.1 Å². The molecule has 0 aromatic carbocycles. The molecule has 0 radical (unpaired) electrons. The van der Waals surface area contributed by atoms with Gasteiger partial charge in [0.15, 0.2) is 10.2 Å². The van der Waals surface area contributed by atoms with E-state index < -0.39 is 4.92 Å². The highest BCUT2D eigenvalue weighted by atomic mass is 32.2. The summed E-state index contributed by atoms with van der Waals surface area (Å²) in [6, 6.07) is 0. The molecule has 90 valence electrons. The first-order valence-corrected chi connectivity index (χ1v) is 6.35. The van der Waals surface area contributed by atoms with Crippen molar-refractivity contribution in [3.63, 3.8) is 0 Å². The Labute approximate surface area is 105 Å². The van der Waals surface area contributed by atoms with Gasteiger partial charge in [-0.05, 0) is 11.3 Å². The Morgan fingerprint density at radius 2 is 2.29 bits per heavy atom. The van der Waals surface area contributed by atoms with E-state index in [2.05, 4.69) is 15.1 Å². The zero-order chi connectivity index (χ0) is 12.4. The molecule has 0 saturated carbocycles. The van der Waals surface area contributed by atoms with Crippen LogP contribution in [0.2, 0.25) is 0 Å². The van der Waals surface area contributed by atoms with Crippen LogP contribution in [-0.2, 0) is 0 Å². The van der Waals surface area contributed by atoms with Gasteiger partial charge in [0.2, 0.25) is 0 Å². The Hall–Kier alpha value is -1.48. The van der Waals surface area contributed by atoms with E-state index in [0.29, 0.717) is 4.34 Å². The van der Waals surface area contributed by atoms with Crippen LogP contribution in [0.15, 0.2) is 16.9 Å². The van der Waals surface area contributed by atoms with Crippen LogP contribution < -0.4 is 0 Å². The first kappa shape index (κ1) is 12.0. The van der Waals surface area contributed by atoms with Gasteiger partial charge in [0, 0.05) is 17.9 Å². The minimum absolute atomic E-state index is 0.0247. The molecular formula is C8H9N5O2S2. The number of hydrogen-bond donors (Lipinski definition) is 0. The molecule has 9 heteroatoms. The lowest BCUT2D eigenvalue weighted by Crippen LogP contribution is -1.92. The van der Waals surface area contributed by atoms with E-state index in [1.807, 2.05) is 13.8 Å². The van der Waals surface area contributed by atoms with Crippen LogP contribution >= 0.6 is 23.3 Å². The number of aromatic nitrogens is 4. The maximum absolute atomic E-state index is 10.5. The van der Waals surface area contributed by atoms with E-state index in [-0.39, 0.29) is 10.9 Å². The van der Waals surface area contributed by atoms with Gasteiger partial charge in [0.1, 0.15) is 12.5 Å². The monoisotopic (exact) mass is 271 g/mol. The molecule has 0 spiro atoms. The van der Waals surface area contributed by atoms with E-state index in [0.717, 1.165) is 17.2 Å². The zero-order valence-corrected chi connectivity index (χ0v) is 10.7. The predicted molar refractivity (Wildman–Crippen MR) is 64.1 cm³/mol. The van der Waals surface area contributed by atoms with E-state index in [1.165, 1.54) is 18.1 Å². The van der Waals surface area contributed by atoms with Crippen LogP contribution in [0.4, 0.5) is 5.00 Å².